The first-order valence-electron chi connectivity index (χ1n) is 10.1. The molecule has 0 atom stereocenters. The zero-order valence-corrected chi connectivity index (χ0v) is 16.1. The topological polar surface area (TPSA) is 59.6 Å². The Morgan fingerprint density at radius 1 is 0.966 bits per heavy atom. The molecule has 0 bridgehead atoms. The highest BCUT2D eigenvalue weighted by molar-refractivity contribution is 5.98. The van der Waals surface area contributed by atoms with Crippen LogP contribution in [0.3, 0.4) is 0 Å². The minimum absolute atomic E-state index is 0.0212. The Kier molecular flexibility index (Phi) is 4.39. The molecule has 0 unspecified atom stereocenters. The van der Waals surface area contributed by atoms with Gasteiger partial charge in [-0.1, -0.05) is 36.4 Å². The zero-order chi connectivity index (χ0) is 19.8. The third kappa shape index (κ3) is 3.10. The van der Waals surface area contributed by atoms with Crippen LogP contribution in [0.5, 0.6) is 0 Å². The van der Waals surface area contributed by atoms with E-state index in [1.807, 2.05) is 58.0 Å². The number of hydrogen-bond donors (Lipinski definition) is 0. The largest absolute Gasteiger partial charge is 0.337 e. The number of nitrogens with zero attached hydrogens (tertiary/aromatic N) is 4. The number of benzene rings is 1. The lowest BCUT2D eigenvalue weighted by Gasteiger charge is -2.27. The summed E-state index contributed by atoms with van der Waals surface area (Å²) in [6.07, 6.45) is 4.92. The molecule has 4 heterocycles. The zero-order valence-electron chi connectivity index (χ0n) is 16.1. The highest BCUT2D eigenvalue weighted by Gasteiger charge is 2.25. The van der Waals surface area contributed by atoms with Crippen molar-refractivity contribution in [3.63, 3.8) is 0 Å². The summed E-state index contributed by atoms with van der Waals surface area (Å²) in [7, 11) is 0. The molecule has 3 aromatic heterocycles. The van der Waals surface area contributed by atoms with Crippen LogP contribution in [0, 0.1) is 0 Å². The molecule has 1 aliphatic heterocycles. The number of hydrogen-bond acceptors (Lipinski definition) is 3. The third-order valence-electron chi connectivity index (χ3n) is 5.62. The fraction of sp³-hybridized carbons (Fsp3) is 0.261. The average molecular weight is 386 g/mol. The van der Waals surface area contributed by atoms with E-state index in [4.69, 9.17) is 4.98 Å². The van der Waals surface area contributed by atoms with Gasteiger partial charge in [-0.3, -0.25) is 14.0 Å². The van der Waals surface area contributed by atoms with Crippen molar-refractivity contribution in [2.45, 2.75) is 25.8 Å². The second kappa shape index (κ2) is 7.20. The van der Waals surface area contributed by atoms with E-state index in [2.05, 4.69) is 0 Å². The smallest absolute Gasteiger partial charge is 0.270 e. The molecule has 1 aliphatic rings. The van der Waals surface area contributed by atoms with Crippen molar-refractivity contribution in [3.05, 3.63) is 82.4 Å². The van der Waals surface area contributed by atoms with Crippen LogP contribution >= 0.6 is 0 Å². The predicted octanol–water partition coefficient (Wildman–Crippen LogP) is 3.32. The van der Waals surface area contributed by atoms with Gasteiger partial charge in [0, 0.05) is 25.8 Å². The molecule has 4 aromatic rings. The van der Waals surface area contributed by atoms with Gasteiger partial charge in [0.05, 0.1) is 5.39 Å². The third-order valence-corrected chi connectivity index (χ3v) is 5.62. The minimum atomic E-state index is -0.148. The van der Waals surface area contributed by atoms with Gasteiger partial charge < -0.3 is 9.47 Å². The summed E-state index contributed by atoms with van der Waals surface area (Å²) >= 11 is 0. The summed E-state index contributed by atoms with van der Waals surface area (Å²) in [5.41, 5.74) is 2.59. The van der Waals surface area contributed by atoms with Gasteiger partial charge in [0.25, 0.3) is 11.5 Å². The van der Waals surface area contributed by atoms with Gasteiger partial charge in [0.1, 0.15) is 17.0 Å². The summed E-state index contributed by atoms with van der Waals surface area (Å²) < 4.78 is 3.43. The standard InChI is InChI=1S/C23H22N4O2/c28-22-18-15-19(23(29)25-12-6-2-7-13-25)27(16-17-9-3-1-4-10-17)21(18)24-20-11-5-8-14-26(20)22/h1,3-5,8-11,14-15H,2,6-7,12-13,16H2. The lowest BCUT2D eigenvalue weighted by atomic mass is 10.1. The Morgan fingerprint density at radius 2 is 1.72 bits per heavy atom. The Labute approximate surface area is 168 Å². The Bertz CT molecular complexity index is 1250. The van der Waals surface area contributed by atoms with Crippen molar-refractivity contribution in [3.8, 4) is 0 Å². The molecule has 0 spiro atoms. The van der Waals surface area contributed by atoms with E-state index in [0.717, 1.165) is 37.9 Å². The fourth-order valence-corrected chi connectivity index (χ4v) is 4.11. The number of amides is 1. The summed E-state index contributed by atoms with van der Waals surface area (Å²) in [6, 6.07) is 17.2. The lowest BCUT2D eigenvalue weighted by Crippen LogP contribution is -2.36. The maximum atomic E-state index is 13.4. The second-order valence-corrected chi connectivity index (χ2v) is 7.54. The average Bonchev–Trinajstić information content (AvgIpc) is 3.13. The highest BCUT2D eigenvalue weighted by atomic mass is 16.2. The number of carbonyl (C=O) groups is 1. The van der Waals surface area contributed by atoms with Gasteiger partial charge in [-0.2, -0.15) is 0 Å². The van der Waals surface area contributed by atoms with Crippen LogP contribution in [-0.4, -0.2) is 37.8 Å². The summed E-state index contributed by atoms with van der Waals surface area (Å²) in [4.78, 5) is 33.1. The molecule has 146 valence electrons. The Hall–Kier alpha value is -3.41. The van der Waals surface area contributed by atoms with Crippen molar-refractivity contribution in [1.29, 1.82) is 0 Å². The molecule has 0 aliphatic carbocycles. The molecule has 0 N–H and O–H groups in total. The van der Waals surface area contributed by atoms with E-state index in [-0.39, 0.29) is 11.5 Å². The molecular formula is C23H22N4O2. The Morgan fingerprint density at radius 3 is 2.52 bits per heavy atom. The maximum absolute atomic E-state index is 13.4. The highest BCUT2D eigenvalue weighted by Crippen LogP contribution is 2.21. The molecule has 5 rings (SSSR count). The van der Waals surface area contributed by atoms with Crippen LogP contribution in [0.25, 0.3) is 16.7 Å². The molecule has 0 saturated carbocycles. The molecule has 1 saturated heterocycles. The van der Waals surface area contributed by atoms with Crippen LogP contribution in [0.4, 0.5) is 0 Å². The number of likely N-dealkylation sites (tertiary alicyclic amines) is 1. The molecular weight excluding hydrogens is 364 g/mol. The number of aromatic nitrogens is 3. The van der Waals surface area contributed by atoms with Crippen molar-refractivity contribution < 1.29 is 4.79 Å². The van der Waals surface area contributed by atoms with Crippen molar-refractivity contribution in [1.82, 2.24) is 18.9 Å². The quantitative estimate of drug-likeness (QED) is 0.543. The van der Waals surface area contributed by atoms with Gasteiger partial charge in [-0.15, -0.1) is 0 Å². The second-order valence-electron chi connectivity index (χ2n) is 7.54. The minimum Gasteiger partial charge on any atom is -0.337 e. The predicted molar refractivity (Wildman–Crippen MR) is 112 cm³/mol. The number of piperidine rings is 1. The SMILES string of the molecule is O=C(c1cc2c(=O)n3ccccc3nc2n1Cc1ccccc1)N1CCCCC1. The van der Waals surface area contributed by atoms with Crippen LogP contribution in [-0.2, 0) is 6.54 Å². The van der Waals surface area contributed by atoms with E-state index in [1.54, 1.807) is 12.3 Å². The number of carbonyl (C=O) groups excluding carboxylic acids is 1. The molecule has 6 heteroatoms. The normalized spacial score (nSPS) is 14.6. The number of fused-ring (bicyclic) bond motifs is 2. The summed E-state index contributed by atoms with van der Waals surface area (Å²) in [5, 5.41) is 0.477. The molecule has 1 amide bonds. The van der Waals surface area contributed by atoms with Crippen LogP contribution < -0.4 is 5.56 Å². The Balaban J connectivity index is 1.72. The van der Waals surface area contributed by atoms with Crippen LogP contribution in [0.1, 0.15) is 35.3 Å². The molecule has 29 heavy (non-hydrogen) atoms. The first-order valence-corrected chi connectivity index (χ1v) is 10.1. The number of pyridine rings is 1. The van der Waals surface area contributed by atoms with Crippen molar-refractivity contribution in [2.75, 3.05) is 13.1 Å². The summed E-state index contributed by atoms with van der Waals surface area (Å²) in [5.74, 6) is -0.0212. The van der Waals surface area contributed by atoms with E-state index in [0.29, 0.717) is 28.9 Å². The van der Waals surface area contributed by atoms with E-state index < -0.39 is 0 Å². The fourth-order valence-electron chi connectivity index (χ4n) is 4.11. The maximum Gasteiger partial charge on any atom is 0.270 e. The van der Waals surface area contributed by atoms with Crippen molar-refractivity contribution in [2.24, 2.45) is 0 Å². The first kappa shape index (κ1) is 17.7. The molecule has 1 fully saturated rings. The summed E-state index contributed by atoms with van der Waals surface area (Å²) in [6.45, 7) is 2.02. The first-order chi connectivity index (χ1) is 14.2. The van der Waals surface area contributed by atoms with E-state index in [9.17, 15) is 9.59 Å². The van der Waals surface area contributed by atoms with Crippen LogP contribution in [0.2, 0.25) is 0 Å². The number of rotatable bonds is 3. The van der Waals surface area contributed by atoms with Crippen molar-refractivity contribution >= 4 is 22.6 Å². The molecule has 6 nitrogen and oxygen atoms in total. The van der Waals surface area contributed by atoms with E-state index in [1.165, 1.54) is 4.40 Å². The monoisotopic (exact) mass is 386 g/mol. The lowest BCUT2D eigenvalue weighted by molar-refractivity contribution is 0.0714. The van der Waals surface area contributed by atoms with Gasteiger partial charge in [0.2, 0.25) is 0 Å². The van der Waals surface area contributed by atoms with E-state index >= 15 is 0 Å². The van der Waals surface area contributed by atoms with Gasteiger partial charge in [-0.05, 0) is 43.0 Å². The van der Waals surface area contributed by atoms with Gasteiger partial charge in [0.15, 0.2) is 0 Å². The molecule has 0 radical (unpaired) electrons. The van der Waals surface area contributed by atoms with Gasteiger partial charge >= 0.3 is 0 Å². The van der Waals surface area contributed by atoms with Crippen LogP contribution in [0.15, 0.2) is 65.6 Å². The van der Waals surface area contributed by atoms with Gasteiger partial charge in [-0.25, -0.2) is 4.98 Å². The molecule has 1 aromatic carbocycles.